The van der Waals surface area contributed by atoms with Crippen molar-refractivity contribution in [2.75, 3.05) is 6.61 Å². The van der Waals surface area contributed by atoms with Gasteiger partial charge in [-0.25, -0.2) is 0 Å². The van der Waals surface area contributed by atoms with Crippen molar-refractivity contribution < 1.29 is 9.90 Å². The van der Waals surface area contributed by atoms with Crippen LogP contribution >= 0.6 is 0 Å². The van der Waals surface area contributed by atoms with Crippen LogP contribution < -0.4 is 0 Å². The predicted octanol–water partition coefficient (Wildman–Crippen LogP) is 1.35. The molecule has 0 heterocycles. The summed E-state index contributed by atoms with van der Waals surface area (Å²) in [6.07, 6.45) is 2.20. The van der Waals surface area contributed by atoms with Gasteiger partial charge in [-0.05, 0) is 24.0 Å². The molecule has 0 atom stereocenters. The van der Waals surface area contributed by atoms with Crippen molar-refractivity contribution in [3.8, 4) is 0 Å². The molecule has 13 heavy (non-hydrogen) atoms. The monoisotopic (exact) mass is 176 g/mol. The van der Waals surface area contributed by atoms with Crippen LogP contribution in [0, 0.1) is 0 Å². The summed E-state index contributed by atoms with van der Waals surface area (Å²) in [5, 5.41) is 8.75. The van der Waals surface area contributed by atoms with Crippen LogP contribution in [0.2, 0.25) is 0 Å². The summed E-state index contributed by atoms with van der Waals surface area (Å²) in [7, 11) is 0. The molecular formula is C11H12O2. The molecule has 1 aliphatic carbocycles. The lowest BCUT2D eigenvalue weighted by molar-refractivity contribution is 0.0994. The maximum Gasteiger partial charge on any atom is 0.163 e. The van der Waals surface area contributed by atoms with Crippen molar-refractivity contribution in [2.24, 2.45) is 0 Å². The quantitative estimate of drug-likeness (QED) is 0.738. The minimum absolute atomic E-state index is 0.173. The molecule has 1 N–H and O–H groups in total. The van der Waals surface area contributed by atoms with E-state index in [9.17, 15) is 4.79 Å². The van der Waals surface area contributed by atoms with Crippen LogP contribution in [0.25, 0.3) is 0 Å². The number of ketones is 1. The highest BCUT2D eigenvalue weighted by atomic mass is 16.2. The molecular weight excluding hydrogens is 164 g/mol. The molecule has 1 aliphatic rings. The lowest BCUT2D eigenvalue weighted by atomic mass is 10.0. The van der Waals surface area contributed by atoms with Crippen LogP contribution in [0.5, 0.6) is 0 Å². The van der Waals surface area contributed by atoms with Gasteiger partial charge in [0, 0.05) is 18.6 Å². The van der Waals surface area contributed by atoms with Gasteiger partial charge in [0.15, 0.2) is 5.78 Å². The third-order valence-electron chi connectivity index (χ3n) is 2.49. The molecule has 0 saturated heterocycles. The van der Waals surface area contributed by atoms with E-state index in [4.69, 9.17) is 5.11 Å². The number of aliphatic hydroxyl groups is 1. The van der Waals surface area contributed by atoms with Gasteiger partial charge in [0.05, 0.1) is 0 Å². The molecule has 0 spiro atoms. The van der Waals surface area contributed by atoms with Crippen LogP contribution in [-0.4, -0.2) is 17.5 Å². The Kier molecular flexibility index (Phi) is 2.15. The maximum atomic E-state index is 11.3. The normalized spacial score (nSPS) is 14.7. The molecule has 0 radical (unpaired) electrons. The van der Waals surface area contributed by atoms with E-state index in [0.717, 1.165) is 23.1 Å². The van der Waals surface area contributed by atoms with Crippen molar-refractivity contribution in [1.29, 1.82) is 0 Å². The number of fused-ring (bicyclic) bond motifs is 1. The second-order valence-electron chi connectivity index (χ2n) is 3.39. The minimum Gasteiger partial charge on any atom is -0.396 e. The fraction of sp³-hybridized carbons (Fsp3) is 0.364. The molecule has 2 nitrogen and oxygen atoms in total. The summed E-state index contributed by atoms with van der Waals surface area (Å²) in [5.74, 6) is 0.255. The van der Waals surface area contributed by atoms with Gasteiger partial charge in [-0.3, -0.25) is 4.79 Å². The van der Waals surface area contributed by atoms with Gasteiger partial charge in [-0.1, -0.05) is 18.2 Å². The first-order chi connectivity index (χ1) is 6.31. The number of aliphatic hydroxyl groups excluding tert-OH is 1. The van der Waals surface area contributed by atoms with E-state index in [1.165, 1.54) is 0 Å². The number of hydrogen-bond donors (Lipinski definition) is 1. The number of benzene rings is 1. The van der Waals surface area contributed by atoms with Crippen molar-refractivity contribution >= 4 is 5.78 Å². The zero-order valence-corrected chi connectivity index (χ0v) is 7.42. The molecule has 2 heteroatoms. The zero-order chi connectivity index (χ0) is 9.26. The molecule has 0 aromatic heterocycles. The van der Waals surface area contributed by atoms with Crippen molar-refractivity contribution in [3.63, 3.8) is 0 Å². The van der Waals surface area contributed by atoms with Gasteiger partial charge in [0.2, 0.25) is 0 Å². The SMILES string of the molecule is O=C1CCc2cc(CCO)ccc21. The Labute approximate surface area is 77.2 Å². The first-order valence-corrected chi connectivity index (χ1v) is 4.57. The molecule has 0 bridgehead atoms. The summed E-state index contributed by atoms with van der Waals surface area (Å²) < 4.78 is 0. The summed E-state index contributed by atoms with van der Waals surface area (Å²) in [4.78, 5) is 11.3. The molecule has 0 fully saturated rings. The Morgan fingerprint density at radius 2 is 2.15 bits per heavy atom. The average molecular weight is 176 g/mol. The first kappa shape index (κ1) is 8.45. The van der Waals surface area contributed by atoms with E-state index in [0.29, 0.717) is 12.8 Å². The molecule has 0 amide bonds. The molecule has 0 aliphatic heterocycles. The van der Waals surface area contributed by atoms with Gasteiger partial charge in [-0.2, -0.15) is 0 Å². The van der Waals surface area contributed by atoms with Crippen molar-refractivity contribution in [1.82, 2.24) is 0 Å². The molecule has 0 unspecified atom stereocenters. The zero-order valence-electron chi connectivity index (χ0n) is 7.42. The topological polar surface area (TPSA) is 37.3 Å². The molecule has 1 aromatic rings. The number of Topliss-reactive ketones (excluding diaryl/α,β-unsaturated/α-hetero) is 1. The molecule has 0 saturated carbocycles. The molecule has 1 aromatic carbocycles. The molecule has 2 rings (SSSR count). The number of carbonyl (C=O) groups is 1. The standard InChI is InChI=1S/C11H12O2/c12-6-5-8-1-3-10-9(7-8)2-4-11(10)13/h1,3,7,12H,2,4-6H2. The average Bonchev–Trinajstić information content (AvgIpc) is 2.48. The number of aryl methyl sites for hydroxylation is 1. The van der Waals surface area contributed by atoms with Crippen molar-refractivity contribution in [2.45, 2.75) is 19.3 Å². The van der Waals surface area contributed by atoms with Crippen LogP contribution in [0.3, 0.4) is 0 Å². The number of carbonyl (C=O) groups excluding carboxylic acids is 1. The van der Waals surface area contributed by atoms with Gasteiger partial charge in [0.25, 0.3) is 0 Å². The second kappa shape index (κ2) is 3.30. The van der Waals surface area contributed by atoms with Gasteiger partial charge < -0.3 is 5.11 Å². The predicted molar refractivity (Wildman–Crippen MR) is 49.9 cm³/mol. The Hall–Kier alpha value is -1.15. The lowest BCUT2D eigenvalue weighted by Gasteiger charge is -2.01. The summed E-state index contributed by atoms with van der Waals surface area (Å²) in [5.41, 5.74) is 3.15. The Morgan fingerprint density at radius 3 is 2.92 bits per heavy atom. The first-order valence-electron chi connectivity index (χ1n) is 4.57. The van der Waals surface area contributed by atoms with Gasteiger partial charge in [-0.15, -0.1) is 0 Å². The van der Waals surface area contributed by atoms with E-state index in [2.05, 4.69) is 0 Å². The largest absolute Gasteiger partial charge is 0.396 e. The van der Waals surface area contributed by atoms with Crippen LogP contribution in [0.15, 0.2) is 18.2 Å². The maximum absolute atomic E-state index is 11.3. The molecule has 68 valence electrons. The minimum atomic E-state index is 0.173. The highest BCUT2D eigenvalue weighted by Crippen LogP contribution is 2.22. The third-order valence-corrected chi connectivity index (χ3v) is 2.49. The Bertz CT molecular complexity index is 342. The Balaban J connectivity index is 2.34. The van der Waals surface area contributed by atoms with E-state index < -0.39 is 0 Å². The van der Waals surface area contributed by atoms with E-state index in [1.54, 1.807) is 0 Å². The number of rotatable bonds is 2. The third kappa shape index (κ3) is 1.49. The number of hydrogen-bond acceptors (Lipinski definition) is 2. The fourth-order valence-corrected chi connectivity index (χ4v) is 1.79. The van der Waals surface area contributed by atoms with E-state index in [1.807, 2.05) is 18.2 Å². The lowest BCUT2D eigenvalue weighted by Crippen LogP contribution is -1.94. The summed E-state index contributed by atoms with van der Waals surface area (Å²) in [6, 6.07) is 5.85. The fourth-order valence-electron chi connectivity index (χ4n) is 1.79. The van der Waals surface area contributed by atoms with E-state index in [-0.39, 0.29) is 12.4 Å². The van der Waals surface area contributed by atoms with Gasteiger partial charge in [0.1, 0.15) is 0 Å². The van der Waals surface area contributed by atoms with Crippen LogP contribution in [0.4, 0.5) is 0 Å². The summed E-state index contributed by atoms with van der Waals surface area (Å²) in [6.45, 7) is 0.173. The Morgan fingerprint density at radius 1 is 1.31 bits per heavy atom. The van der Waals surface area contributed by atoms with E-state index >= 15 is 0 Å². The highest BCUT2D eigenvalue weighted by Gasteiger charge is 2.18. The van der Waals surface area contributed by atoms with Crippen molar-refractivity contribution in [3.05, 3.63) is 34.9 Å². The smallest absolute Gasteiger partial charge is 0.163 e. The highest BCUT2D eigenvalue weighted by molar-refractivity contribution is 6.00. The van der Waals surface area contributed by atoms with Crippen LogP contribution in [0.1, 0.15) is 27.9 Å². The van der Waals surface area contributed by atoms with Gasteiger partial charge >= 0.3 is 0 Å². The second-order valence-corrected chi connectivity index (χ2v) is 3.39. The summed E-state index contributed by atoms with van der Waals surface area (Å²) >= 11 is 0. The van der Waals surface area contributed by atoms with Crippen LogP contribution in [-0.2, 0) is 12.8 Å².